The Bertz CT molecular complexity index is 1440. The van der Waals surface area contributed by atoms with E-state index >= 15 is 0 Å². The molecule has 3 saturated carbocycles. The summed E-state index contributed by atoms with van der Waals surface area (Å²) < 4.78 is 47.5. The molecule has 41 heavy (non-hydrogen) atoms. The number of piperazine rings is 1. The van der Waals surface area contributed by atoms with Gasteiger partial charge in [0.25, 0.3) is 6.01 Å². The van der Waals surface area contributed by atoms with E-state index in [1.807, 2.05) is 24.0 Å². The van der Waals surface area contributed by atoms with Gasteiger partial charge in [-0.15, -0.1) is 0 Å². The van der Waals surface area contributed by atoms with Crippen LogP contribution in [0.3, 0.4) is 0 Å². The number of aliphatic hydroxyl groups excluding tert-OH is 1. The third-order valence-corrected chi connectivity index (χ3v) is 9.35. The summed E-state index contributed by atoms with van der Waals surface area (Å²) in [6.45, 7) is 5.59. The summed E-state index contributed by atoms with van der Waals surface area (Å²) in [5.74, 6) is -0.197. The highest BCUT2D eigenvalue weighted by molar-refractivity contribution is 5.98. The van der Waals surface area contributed by atoms with Gasteiger partial charge >= 0.3 is 6.18 Å². The number of aromatic nitrogens is 1. The van der Waals surface area contributed by atoms with Crippen LogP contribution in [0.25, 0.3) is 0 Å². The lowest BCUT2D eigenvalue weighted by Gasteiger charge is -2.70. The number of benzene rings is 2. The number of hydrogen-bond donors (Lipinski definition) is 2. The number of β-amino-alcohol motifs (C(OH)–C–C–N with tert-alkyl or cyclic N) is 1. The Balaban J connectivity index is 1.15. The Morgan fingerprint density at radius 3 is 2.39 bits per heavy atom. The SMILES string of the molecule is Cc1ccc(C(=O)Cc2ccc(CN3CCN(CCO)CC3)c(C(F)(F)F)c2)cc1C12CC(c3coc(N)n3)(C1)C2. The molecule has 4 fully saturated rings. The fourth-order valence-electron chi connectivity index (χ4n) is 7.22. The van der Waals surface area contributed by atoms with Crippen molar-refractivity contribution in [1.82, 2.24) is 14.8 Å². The van der Waals surface area contributed by atoms with Crippen molar-refractivity contribution in [2.45, 2.75) is 56.2 Å². The number of oxazole rings is 1. The largest absolute Gasteiger partial charge is 0.432 e. The summed E-state index contributed by atoms with van der Waals surface area (Å²) in [6.07, 6.45) is -0.240. The maximum Gasteiger partial charge on any atom is 0.416 e. The van der Waals surface area contributed by atoms with Gasteiger partial charge in [0.2, 0.25) is 0 Å². The molecule has 7 rings (SSSR count). The molecule has 218 valence electrons. The molecule has 0 amide bonds. The molecule has 0 atom stereocenters. The first-order chi connectivity index (χ1) is 19.5. The Hall–Kier alpha value is -3.21. The molecule has 1 saturated heterocycles. The second-order valence-corrected chi connectivity index (χ2v) is 12.1. The van der Waals surface area contributed by atoms with Gasteiger partial charge in [-0.1, -0.05) is 24.3 Å². The summed E-state index contributed by atoms with van der Waals surface area (Å²) in [6, 6.07) is 10.1. The van der Waals surface area contributed by atoms with Crippen LogP contribution in [0.4, 0.5) is 19.2 Å². The van der Waals surface area contributed by atoms with E-state index in [2.05, 4.69) is 9.88 Å². The predicted octanol–water partition coefficient (Wildman–Crippen LogP) is 4.49. The van der Waals surface area contributed by atoms with Gasteiger partial charge < -0.3 is 15.3 Å². The zero-order valence-corrected chi connectivity index (χ0v) is 23.1. The van der Waals surface area contributed by atoms with Gasteiger partial charge in [-0.2, -0.15) is 18.2 Å². The Morgan fingerprint density at radius 2 is 1.76 bits per heavy atom. The molecular weight excluding hydrogens is 533 g/mol. The lowest BCUT2D eigenvalue weighted by molar-refractivity contribution is -0.138. The lowest BCUT2D eigenvalue weighted by Crippen LogP contribution is -2.67. The number of anilines is 1. The summed E-state index contributed by atoms with van der Waals surface area (Å²) >= 11 is 0. The molecule has 2 bridgehead atoms. The molecule has 4 aliphatic rings. The third kappa shape index (κ3) is 5.17. The van der Waals surface area contributed by atoms with Crippen molar-refractivity contribution in [3.8, 4) is 0 Å². The van der Waals surface area contributed by atoms with Crippen molar-refractivity contribution in [1.29, 1.82) is 0 Å². The number of Topliss-reactive ketones (excluding diaryl/α,β-unsaturated/α-hetero) is 1. The summed E-state index contributed by atoms with van der Waals surface area (Å²) in [5.41, 5.74) is 9.17. The number of aryl methyl sites for hydroxylation is 1. The molecular formula is C31H35F3N4O3. The van der Waals surface area contributed by atoms with E-state index in [0.29, 0.717) is 43.9 Å². The first-order valence-electron chi connectivity index (χ1n) is 14.1. The number of nitrogens with two attached hydrogens (primary N) is 1. The van der Waals surface area contributed by atoms with E-state index in [1.165, 1.54) is 6.07 Å². The normalized spacial score (nSPS) is 24.6. The number of nitrogens with zero attached hydrogens (tertiary/aromatic N) is 3. The maximum absolute atomic E-state index is 14.1. The van der Waals surface area contributed by atoms with E-state index in [0.717, 1.165) is 42.1 Å². The van der Waals surface area contributed by atoms with E-state index in [4.69, 9.17) is 15.3 Å². The topological polar surface area (TPSA) is 95.8 Å². The quantitative estimate of drug-likeness (QED) is 0.367. The van der Waals surface area contributed by atoms with Gasteiger partial charge in [-0.05, 0) is 66.0 Å². The van der Waals surface area contributed by atoms with E-state index in [1.54, 1.807) is 18.4 Å². The zero-order chi connectivity index (χ0) is 29.0. The van der Waals surface area contributed by atoms with E-state index in [9.17, 15) is 18.0 Å². The molecule has 2 heterocycles. The average Bonchev–Trinajstić information content (AvgIpc) is 3.31. The molecule has 0 spiro atoms. The van der Waals surface area contributed by atoms with Crippen LogP contribution in [0.5, 0.6) is 0 Å². The minimum Gasteiger partial charge on any atom is -0.432 e. The number of alkyl halides is 3. The van der Waals surface area contributed by atoms with Gasteiger partial charge in [0.15, 0.2) is 5.78 Å². The highest BCUT2D eigenvalue weighted by atomic mass is 19.4. The van der Waals surface area contributed by atoms with Crippen molar-refractivity contribution >= 4 is 11.8 Å². The van der Waals surface area contributed by atoms with Crippen LogP contribution >= 0.6 is 0 Å². The van der Waals surface area contributed by atoms with Gasteiger partial charge in [0.05, 0.1) is 17.9 Å². The Kier molecular flexibility index (Phi) is 6.99. The van der Waals surface area contributed by atoms with Gasteiger partial charge in [-0.3, -0.25) is 14.6 Å². The minimum absolute atomic E-state index is 0.0111. The maximum atomic E-state index is 14.1. The molecule has 10 heteroatoms. The lowest BCUT2D eigenvalue weighted by atomic mass is 9.32. The first-order valence-corrected chi connectivity index (χ1v) is 14.1. The van der Waals surface area contributed by atoms with Crippen molar-refractivity contribution < 1.29 is 27.5 Å². The molecule has 0 radical (unpaired) electrons. The van der Waals surface area contributed by atoms with Gasteiger partial charge in [0, 0.05) is 56.7 Å². The fraction of sp³-hybridized carbons (Fsp3) is 0.484. The van der Waals surface area contributed by atoms with Crippen LogP contribution in [-0.4, -0.2) is 65.0 Å². The monoisotopic (exact) mass is 568 g/mol. The van der Waals surface area contributed by atoms with Crippen LogP contribution in [0.15, 0.2) is 47.1 Å². The van der Waals surface area contributed by atoms with E-state index < -0.39 is 11.7 Å². The van der Waals surface area contributed by atoms with E-state index in [-0.39, 0.29) is 47.8 Å². The Labute approximate surface area is 237 Å². The molecule has 3 aromatic rings. The van der Waals surface area contributed by atoms with Crippen molar-refractivity contribution in [3.63, 3.8) is 0 Å². The smallest absolute Gasteiger partial charge is 0.416 e. The average molecular weight is 569 g/mol. The predicted molar refractivity (Wildman–Crippen MR) is 148 cm³/mol. The van der Waals surface area contributed by atoms with Crippen molar-refractivity contribution in [2.75, 3.05) is 45.1 Å². The minimum atomic E-state index is -4.52. The second-order valence-electron chi connectivity index (χ2n) is 12.1. The van der Waals surface area contributed by atoms with Crippen LogP contribution in [0.1, 0.15) is 63.1 Å². The molecule has 7 nitrogen and oxygen atoms in total. The number of ketones is 1. The first kappa shape index (κ1) is 27.9. The number of hydrogen-bond acceptors (Lipinski definition) is 7. The third-order valence-electron chi connectivity index (χ3n) is 9.35. The summed E-state index contributed by atoms with van der Waals surface area (Å²) in [7, 11) is 0. The fourth-order valence-corrected chi connectivity index (χ4v) is 7.22. The number of carbonyl (C=O) groups excluding carboxylic acids is 1. The summed E-state index contributed by atoms with van der Waals surface area (Å²) in [4.78, 5) is 21.7. The van der Waals surface area contributed by atoms with Crippen LogP contribution in [0, 0.1) is 6.92 Å². The molecule has 1 aliphatic heterocycles. The number of rotatable bonds is 9. The highest BCUT2D eigenvalue weighted by Gasteiger charge is 2.70. The van der Waals surface area contributed by atoms with Crippen molar-refractivity contribution in [3.05, 3.63) is 81.7 Å². The van der Waals surface area contributed by atoms with Crippen molar-refractivity contribution in [2.24, 2.45) is 0 Å². The molecule has 0 unspecified atom stereocenters. The molecule has 3 N–H and O–H groups in total. The van der Waals surface area contributed by atoms with Crippen LogP contribution < -0.4 is 5.73 Å². The van der Waals surface area contributed by atoms with Gasteiger partial charge in [-0.25, -0.2) is 0 Å². The number of halogens is 3. The Morgan fingerprint density at radius 1 is 1.05 bits per heavy atom. The summed E-state index contributed by atoms with van der Waals surface area (Å²) in [5, 5.41) is 9.12. The zero-order valence-electron chi connectivity index (χ0n) is 23.1. The van der Waals surface area contributed by atoms with Crippen LogP contribution in [-0.2, 0) is 30.0 Å². The number of nitrogen functional groups attached to an aromatic ring is 1. The number of carbonyl (C=O) groups is 1. The molecule has 3 aliphatic carbocycles. The highest BCUT2D eigenvalue weighted by Crippen LogP contribution is 2.74. The van der Waals surface area contributed by atoms with Gasteiger partial charge in [0.1, 0.15) is 6.26 Å². The second kappa shape index (κ2) is 10.3. The number of aliphatic hydroxyl groups is 1. The standard InChI is InChI=1S/C31H35F3N4O3/c1-20-2-4-22(14-24(20)29-17-30(18-29,19-29)27-16-41-28(35)36-27)26(40)13-21-3-5-23(25(12-21)31(32,33)34)15-38-8-6-37(7-9-38)10-11-39/h2-5,12,14,16,39H,6-11,13,15,17-19H2,1H3,(H2,35,36). The molecule has 1 aromatic heterocycles. The van der Waals surface area contributed by atoms with Crippen LogP contribution in [0.2, 0.25) is 0 Å². The molecule has 2 aromatic carbocycles.